The Morgan fingerprint density at radius 2 is 1.88 bits per heavy atom. The number of thiazole rings is 1. The third-order valence-corrected chi connectivity index (χ3v) is 5.82. The lowest BCUT2D eigenvalue weighted by Crippen LogP contribution is -2.12. The first kappa shape index (κ1) is 16.1. The molecule has 0 aliphatic carbocycles. The number of hydrogen-bond acceptors (Lipinski definition) is 8. The summed E-state index contributed by atoms with van der Waals surface area (Å²) in [6, 6.07) is 7.85. The minimum atomic E-state index is -0.122. The molecule has 126 valence electrons. The van der Waals surface area contributed by atoms with Crippen molar-refractivity contribution in [2.24, 2.45) is 0 Å². The van der Waals surface area contributed by atoms with Crippen LogP contribution in [0.2, 0.25) is 0 Å². The van der Waals surface area contributed by atoms with Gasteiger partial charge in [-0.3, -0.25) is 4.79 Å². The maximum Gasteiger partial charge on any atom is 0.227 e. The first-order chi connectivity index (χ1) is 12.3. The first-order valence-corrected chi connectivity index (χ1v) is 10.1. The van der Waals surface area contributed by atoms with Gasteiger partial charge in [-0.05, 0) is 22.9 Å². The molecule has 0 atom stereocenters. The van der Waals surface area contributed by atoms with Crippen molar-refractivity contribution >= 4 is 45.0 Å². The molecule has 1 N–H and O–H groups in total. The minimum absolute atomic E-state index is 0.122. The zero-order chi connectivity index (χ0) is 17.1. The summed E-state index contributed by atoms with van der Waals surface area (Å²) >= 11 is 4.58. The maximum absolute atomic E-state index is 12.1. The van der Waals surface area contributed by atoms with Gasteiger partial charge in [0.2, 0.25) is 17.6 Å². The van der Waals surface area contributed by atoms with E-state index in [2.05, 4.69) is 20.4 Å². The van der Waals surface area contributed by atoms with Crippen molar-refractivity contribution in [3.05, 3.63) is 46.3 Å². The van der Waals surface area contributed by atoms with E-state index in [4.69, 9.17) is 4.52 Å². The Kier molecular flexibility index (Phi) is 4.68. The molecule has 4 aromatic rings. The number of rotatable bonds is 6. The van der Waals surface area contributed by atoms with Gasteiger partial charge >= 0.3 is 0 Å². The predicted molar refractivity (Wildman–Crippen MR) is 100.0 cm³/mol. The lowest BCUT2D eigenvalue weighted by molar-refractivity contribution is -0.116. The Bertz CT molecular complexity index is 958. The summed E-state index contributed by atoms with van der Waals surface area (Å²) in [6.45, 7) is 0. The molecule has 0 radical (unpaired) electrons. The number of aryl methyl sites for hydroxylation is 1. The number of amides is 1. The molecule has 0 fully saturated rings. The van der Waals surface area contributed by atoms with E-state index in [-0.39, 0.29) is 12.3 Å². The standard InChI is InChI=1S/C16H12N4O2S3/c21-13(18-16-17-10(9-25-16)11-3-1-7-23-11)5-6-14-19-15(20-22-14)12-4-2-8-24-12/h1-4,7-9H,5-6H2,(H,17,18,21). The Morgan fingerprint density at radius 1 is 1.08 bits per heavy atom. The molecule has 9 heteroatoms. The van der Waals surface area contributed by atoms with Crippen LogP contribution < -0.4 is 5.32 Å². The second kappa shape index (κ2) is 7.26. The molecular weight excluding hydrogens is 376 g/mol. The van der Waals surface area contributed by atoms with Gasteiger partial charge in [-0.15, -0.1) is 34.0 Å². The number of anilines is 1. The summed E-state index contributed by atoms with van der Waals surface area (Å²) in [6.07, 6.45) is 0.660. The Hall–Kier alpha value is -2.36. The Balaban J connectivity index is 1.32. The molecule has 25 heavy (non-hydrogen) atoms. The van der Waals surface area contributed by atoms with Crippen LogP contribution in [0.25, 0.3) is 21.3 Å². The summed E-state index contributed by atoms with van der Waals surface area (Å²) in [5.74, 6) is 0.894. The fourth-order valence-corrected chi connectivity index (χ4v) is 4.27. The lowest BCUT2D eigenvalue weighted by Gasteiger charge is -1.99. The summed E-state index contributed by atoms with van der Waals surface area (Å²) in [5.41, 5.74) is 0.882. The van der Waals surface area contributed by atoms with Gasteiger partial charge in [0.1, 0.15) is 0 Å². The molecule has 0 aliphatic heterocycles. The van der Waals surface area contributed by atoms with Crippen LogP contribution in [-0.2, 0) is 11.2 Å². The van der Waals surface area contributed by atoms with Crippen molar-refractivity contribution in [2.45, 2.75) is 12.8 Å². The van der Waals surface area contributed by atoms with Gasteiger partial charge < -0.3 is 9.84 Å². The van der Waals surface area contributed by atoms with E-state index in [0.717, 1.165) is 15.4 Å². The zero-order valence-electron chi connectivity index (χ0n) is 12.8. The van der Waals surface area contributed by atoms with Crippen molar-refractivity contribution in [3.63, 3.8) is 0 Å². The highest BCUT2D eigenvalue weighted by Crippen LogP contribution is 2.28. The minimum Gasteiger partial charge on any atom is -0.339 e. The summed E-state index contributed by atoms with van der Waals surface area (Å²) in [4.78, 5) is 22.9. The summed E-state index contributed by atoms with van der Waals surface area (Å²) < 4.78 is 5.20. The van der Waals surface area contributed by atoms with Crippen molar-refractivity contribution in [1.29, 1.82) is 0 Å². The van der Waals surface area contributed by atoms with Crippen LogP contribution in [0.4, 0.5) is 5.13 Å². The quantitative estimate of drug-likeness (QED) is 0.524. The van der Waals surface area contributed by atoms with E-state index >= 15 is 0 Å². The van der Waals surface area contributed by atoms with Crippen LogP contribution in [0.5, 0.6) is 0 Å². The molecule has 0 unspecified atom stereocenters. The van der Waals surface area contributed by atoms with E-state index in [1.165, 1.54) is 11.3 Å². The summed E-state index contributed by atoms with van der Waals surface area (Å²) in [7, 11) is 0. The van der Waals surface area contributed by atoms with Gasteiger partial charge in [0, 0.05) is 18.2 Å². The molecular formula is C16H12N4O2S3. The second-order valence-electron chi connectivity index (χ2n) is 5.05. The SMILES string of the molecule is O=C(CCc1nc(-c2cccs2)no1)Nc1nc(-c2cccs2)cs1. The van der Waals surface area contributed by atoms with Gasteiger partial charge in [-0.25, -0.2) is 4.98 Å². The number of aromatic nitrogens is 3. The first-order valence-electron chi connectivity index (χ1n) is 7.43. The zero-order valence-corrected chi connectivity index (χ0v) is 15.3. The molecule has 4 aromatic heterocycles. The highest BCUT2D eigenvalue weighted by atomic mass is 32.1. The molecule has 0 saturated carbocycles. The monoisotopic (exact) mass is 388 g/mol. The molecule has 4 heterocycles. The van der Waals surface area contributed by atoms with Crippen LogP contribution in [0.1, 0.15) is 12.3 Å². The second-order valence-corrected chi connectivity index (χ2v) is 7.81. The van der Waals surface area contributed by atoms with Crippen molar-refractivity contribution < 1.29 is 9.32 Å². The number of carbonyl (C=O) groups excluding carboxylic acids is 1. The Labute approximate surface area is 155 Å². The molecule has 0 saturated heterocycles. The lowest BCUT2D eigenvalue weighted by atomic mass is 10.3. The number of nitrogens with one attached hydrogen (secondary N) is 1. The number of carbonyl (C=O) groups is 1. The molecule has 0 spiro atoms. The third-order valence-electron chi connectivity index (χ3n) is 3.30. The van der Waals surface area contributed by atoms with Crippen molar-refractivity contribution in [2.75, 3.05) is 5.32 Å². The molecule has 1 amide bonds. The predicted octanol–water partition coefficient (Wildman–Crippen LogP) is 4.55. The smallest absolute Gasteiger partial charge is 0.227 e. The maximum atomic E-state index is 12.1. The van der Waals surface area contributed by atoms with Gasteiger partial charge in [0.25, 0.3) is 0 Å². The average molecular weight is 388 g/mol. The van der Waals surface area contributed by atoms with Crippen LogP contribution >= 0.6 is 34.0 Å². The van der Waals surface area contributed by atoms with E-state index in [1.54, 1.807) is 22.7 Å². The molecule has 0 bridgehead atoms. The van der Waals surface area contributed by atoms with Gasteiger partial charge in [0.05, 0.1) is 15.4 Å². The van der Waals surface area contributed by atoms with Gasteiger partial charge in [0.15, 0.2) is 5.13 Å². The fraction of sp³-hybridized carbons (Fsp3) is 0.125. The molecule has 0 aromatic carbocycles. The van der Waals surface area contributed by atoms with Crippen LogP contribution in [0.15, 0.2) is 44.9 Å². The van der Waals surface area contributed by atoms with E-state index in [0.29, 0.717) is 23.3 Å². The molecule has 6 nitrogen and oxygen atoms in total. The number of hydrogen-bond donors (Lipinski definition) is 1. The van der Waals surface area contributed by atoms with E-state index in [1.807, 2.05) is 40.4 Å². The normalized spacial score (nSPS) is 10.9. The highest BCUT2D eigenvalue weighted by molar-refractivity contribution is 7.16. The highest BCUT2D eigenvalue weighted by Gasteiger charge is 2.13. The van der Waals surface area contributed by atoms with Crippen molar-refractivity contribution in [3.8, 4) is 21.3 Å². The fourth-order valence-electron chi connectivity index (χ4n) is 2.13. The largest absolute Gasteiger partial charge is 0.339 e. The number of nitrogens with zero attached hydrogens (tertiary/aromatic N) is 3. The van der Waals surface area contributed by atoms with Crippen molar-refractivity contribution in [1.82, 2.24) is 15.1 Å². The third kappa shape index (κ3) is 3.84. The number of thiophene rings is 2. The van der Waals surface area contributed by atoms with E-state index < -0.39 is 0 Å². The van der Waals surface area contributed by atoms with Gasteiger partial charge in [-0.2, -0.15) is 4.98 Å². The summed E-state index contributed by atoms with van der Waals surface area (Å²) in [5, 5.41) is 13.2. The van der Waals surface area contributed by atoms with Crippen LogP contribution in [0, 0.1) is 0 Å². The molecule has 0 aliphatic rings. The van der Waals surface area contributed by atoms with E-state index in [9.17, 15) is 4.79 Å². The average Bonchev–Trinajstić information content (AvgIpc) is 3.40. The topological polar surface area (TPSA) is 80.9 Å². The molecule has 4 rings (SSSR count). The Morgan fingerprint density at radius 3 is 2.64 bits per heavy atom. The van der Waals surface area contributed by atoms with Crippen LogP contribution in [-0.4, -0.2) is 21.0 Å². The van der Waals surface area contributed by atoms with Crippen LogP contribution in [0.3, 0.4) is 0 Å². The van der Waals surface area contributed by atoms with Gasteiger partial charge in [-0.1, -0.05) is 17.3 Å².